The fourth-order valence-corrected chi connectivity index (χ4v) is 10.3. The molecular weight excluding hydrogens is 1010 g/mol. The minimum atomic E-state index is -3.59. The first-order valence-corrected chi connectivity index (χ1v) is 27.0. The van der Waals surface area contributed by atoms with Gasteiger partial charge in [-0.1, -0.05) is 29.8 Å². The third-order valence-electron chi connectivity index (χ3n) is 12.9. The van der Waals surface area contributed by atoms with Gasteiger partial charge < -0.3 is 45.7 Å². The topological polar surface area (TPSA) is 269 Å². The van der Waals surface area contributed by atoms with Crippen LogP contribution in [0, 0.1) is 6.92 Å². The highest BCUT2D eigenvalue weighted by Gasteiger charge is 2.46. The molecule has 1 unspecified atom stereocenters. The van der Waals surface area contributed by atoms with E-state index < -0.39 is 50.7 Å². The summed E-state index contributed by atoms with van der Waals surface area (Å²) < 4.78 is 43.7. The lowest BCUT2D eigenvalue weighted by Gasteiger charge is -2.33. The molecule has 1 aromatic heterocycles. The van der Waals surface area contributed by atoms with Crippen molar-refractivity contribution >= 4 is 85.7 Å². The van der Waals surface area contributed by atoms with Crippen LogP contribution in [-0.2, 0) is 38.5 Å². The van der Waals surface area contributed by atoms with Crippen LogP contribution in [0.25, 0.3) is 0 Å². The second-order valence-corrected chi connectivity index (χ2v) is 21.8. The van der Waals surface area contributed by atoms with Crippen molar-refractivity contribution in [3.8, 4) is 5.75 Å². The highest BCUT2D eigenvalue weighted by atomic mass is 35.5. The van der Waals surface area contributed by atoms with Crippen molar-refractivity contribution in [2.75, 3.05) is 81.6 Å². The smallest absolute Gasteiger partial charge is 0.264 e. The van der Waals surface area contributed by atoms with Gasteiger partial charge in [-0.3, -0.25) is 39.0 Å². The van der Waals surface area contributed by atoms with Gasteiger partial charge in [0.15, 0.2) is 15.7 Å². The zero-order valence-electron chi connectivity index (χ0n) is 42.8. The number of piperidine rings is 2. The van der Waals surface area contributed by atoms with E-state index in [9.17, 15) is 37.2 Å². The molecule has 2 saturated heterocycles. The summed E-state index contributed by atoms with van der Waals surface area (Å²) in [5.41, 5.74) is 3.51. The Morgan fingerprint density at radius 2 is 1.57 bits per heavy atom. The van der Waals surface area contributed by atoms with Crippen LogP contribution < -0.4 is 36.6 Å². The summed E-state index contributed by atoms with van der Waals surface area (Å²) >= 11 is 6.51. The summed E-state index contributed by atoms with van der Waals surface area (Å²) in [6.45, 7) is 13.5. The molecule has 3 aliphatic heterocycles. The third-order valence-corrected chi connectivity index (χ3v) is 15.3. The number of carbonyl (C=O) groups excluding carboxylic acids is 6. The molecule has 2 fully saturated rings. The quantitative estimate of drug-likeness (QED) is 0.0366. The number of nitrogens with zero attached hydrogens (tertiary/aromatic N) is 4. The number of para-hydroxylation sites is 1. The number of likely N-dealkylation sites (tertiary alicyclic amines) is 1. The van der Waals surface area contributed by atoms with Crippen LogP contribution in [0.3, 0.4) is 0 Å². The third kappa shape index (κ3) is 14.4. The number of carbonyl (C=O) groups is 6. The van der Waals surface area contributed by atoms with Gasteiger partial charge in [-0.25, -0.2) is 13.4 Å². The lowest BCUT2D eigenvalue weighted by atomic mass is 9.86. The first-order chi connectivity index (χ1) is 35.9. The van der Waals surface area contributed by atoms with Crippen molar-refractivity contribution < 1.29 is 51.4 Å². The number of nitrogens with one attached hydrogen (secondary N) is 6. The number of rotatable bonds is 25. The number of benzene rings is 3. The van der Waals surface area contributed by atoms with Crippen LogP contribution in [0.4, 0.5) is 28.8 Å². The molecule has 0 saturated carbocycles. The maximum atomic E-state index is 13.3. The normalized spacial score (nSPS) is 16.3. The van der Waals surface area contributed by atoms with Crippen molar-refractivity contribution in [1.29, 1.82) is 0 Å². The van der Waals surface area contributed by atoms with Crippen LogP contribution >= 0.6 is 11.6 Å². The zero-order valence-corrected chi connectivity index (χ0v) is 44.3. The van der Waals surface area contributed by atoms with Gasteiger partial charge >= 0.3 is 0 Å². The van der Waals surface area contributed by atoms with Gasteiger partial charge in [0.25, 0.3) is 11.8 Å². The molecule has 0 bridgehead atoms. The van der Waals surface area contributed by atoms with Crippen LogP contribution in [0.5, 0.6) is 5.75 Å². The van der Waals surface area contributed by atoms with Gasteiger partial charge in [-0.15, -0.1) is 0 Å². The Kier molecular flexibility index (Phi) is 19.3. The average molecular weight is 1070 g/mol. The second-order valence-electron chi connectivity index (χ2n) is 18.9. The molecular formula is C52H65ClN10O11S. The molecule has 23 heteroatoms. The predicted octanol–water partition coefficient (Wildman–Crippen LogP) is 5.24. The maximum absolute atomic E-state index is 13.3. The van der Waals surface area contributed by atoms with Gasteiger partial charge in [0.1, 0.15) is 16.8 Å². The molecule has 4 aromatic rings. The number of hydrogen-bond acceptors (Lipinski definition) is 17. The monoisotopic (exact) mass is 1070 g/mol. The summed E-state index contributed by atoms with van der Waals surface area (Å²) in [6, 6.07) is 14.1. The molecule has 75 heavy (non-hydrogen) atoms. The summed E-state index contributed by atoms with van der Waals surface area (Å²) in [6.07, 6.45) is 3.57. The van der Waals surface area contributed by atoms with Crippen LogP contribution in [0.2, 0.25) is 5.02 Å². The number of ether oxygens (including phenoxy) is 3. The van der Waals surface area contributed by atoms with Gasteiger partial charge in [0, 0.05) is 32.5 Å². The Hall–Kier alpha value is -6.56. The summed E-state index contributed by atoms with van der Waals surface area (Å²) in [5, 5.41) is 16.7. The van der Waals surface area contributed by atoms with Crippen molar-refractivity contribution in [2.45, 2.75) is 94.9 Å². The highest BCUT2D eigenvalue weighted by molar-refractivity contribution is 7.92. The maximum Gasteiger partial charge on any atom is 0.264 e. The lowest BCUT2D eigenvalue weighted by molar-refractivity contribution is -0.136. The molecule has 3 aromatic carbocycles. The van der Waals surface area contributed by atoms with E-state index in [-0.39, 0.29) is 69.9 Å². The van der Waals surface area contributed by atoms with Crippen molar-refractivity contribution in [3.05, 3.63) is 88.1 Å². The average Bonchev–Trinajstić information content (AvgIpc) is 3.64. The molecule has 7 rings (SSSR count). The summed E-state index contributed by atoms with van der Waals surface area (Å²) in [4.78, 5) is 88.0. The van der Waals surface area contributed by atoms with E-state index in [0.29, 0.717) is 75.5 Å². The number of imide groups is 2. The highest BCUT2D eigenvalue weighted by Crippen LogP contribution is 2.39. The van der Waals surface area contributed by atoms with Crippen LogP contribution in [0.1, 0.15) is 97.6 Å². The number of aromatic nitrogens is 2. The van der Waals surface area contributed by atoms with E-state index in [1.807, 2.05) is 19.9 Å². The molecule has 0 aliphatic carbocycles. The predicted molar refractivity (Wildman–Crippen MR) is 282 cm³/mol. The summed E-state index contributed by atoms with van der Waals surface area (Å²) in [7, 11) is -3.59. The molecule has 6 N–H and O–H groups in total. The molecule has 1 atom stereocenters. The number of amides is 6. The van der Waals surface area contributed by atoms with E-state index in [1.165, 1.54) is 30.0 Å². The Bertz CT molecular complexity index is 2880. The van der Waals surface area contributed by atoms with E-state index >= 15 is 0 Å². The van der Waals surface area contributed by atoms with Crippen molar-refractivity contribution in [2.24, 2.45) is 0 Å². The Balaban J connectivity index is 0.765. The minimum Gasteiger partial charge on any atom is -0.489 e. The van der Waals surface area contributed by atoms with Crippen molar-refractivity contribution in [1.82, 2.24) is 35.7 Å². The van der Waals surface area contributed by atoms with E-state index in [0.717, 1.165) is 36.4 Å². The largest absolute Gasteiger partial charge is 0.489 e. The number of anilines is 5. The Labute approximate surface area is 441 Å². The molecule has 21 nitrogen and oxygen atoms in total. The SMILES string of the molecule is Cc1cc(Nc2ncc(Cl)c(Nc3ccccc3S(=O)(=O)C(C)C)n2)c(OC(C)C)cc1C1CCN(CCC(=O)NCCOCCOCCNCC(=O)Nc2cccc3c2C(=O)N(C2CCC(=O)NC2=O)C3=O)CC1. The molecule has 4 heterocycles. The van der Waals surface area contributed by atoms with E-state index in [4.69, 9.17) is 25.8 Å². The van der Waals surface area contributed by atoms with Gasteiger partial charge in [0.05, 0.1) is 83.6 Å². The van der Waals surface area contributed by atoms with Crippen molar-refractivity contribution in [3.63, 3.8) is 0 Å². The van der Waals surface area contributed by atoms with Crippen LogP contribution in [0.15, 0.2) is 65.7 Å². The fourth-order valence-electron chi connectivity index (χ4n) is 8.99. The number of fused-ring (bicyclic) bond motifs is 1. The first-order valence-electron chi connectivity index (χ1n) is 25.1. The van der Waals surface area contributed by atoms with Crippen LogP contribution in [-0.4, -0.2) is 147 Å². The van der Waals surface area contributed by atoms with Gasteiger partial charge in [-0.05, 0) is 120 Å². The molecule has 0 spiro atoms. The van der Waals surface area contributed by atoms with Gasteiger partial charge in [0.2, 0.25) is 29.6 Å². The first kappa shape index (κ1) is 56.2. The zero-order chi connectivity index (χ0) is 53.8. The lowest BCUT2D eigenvalue weighted by Crippen LogP contribution is -2.54. The standard InChI is InChI=1S/C52H65ClN10O11S/c1-31(2)74-42-28-36(33(5)27-40(42)59-52-56-29-37(53)48(61-52)58-38-10-6-7-12-43(38)75(70,71)32(3)4)34-15-20-62(21-16-34)22-17-44(64)55-19-24-73-26-25-72-23-18-54-30-46(66)57-39-11-8-9-35-47(39)51(69)63(50(35)68)41-13-14-45(65)60-49(41)67/h6-12,27-29,31-32,34,41,54H,13-26,30H2,1-5H3,(H,55,64)(H,57,66)(H,60,65,67)(H2,56,58,59,61). The molecule has 402 valence electrons. The number of sulfone groups is 1. The van der Waals surface area contributed by atoms with E-state index in [1.54, 1.807) is 38.1 Å². The Morgan fingerprint density at radius 1 is 0.853 bits per heavy atom. The fraction of sp³-hybridized carbons (Fsp3) is 0.462. The molecule has 0 radical (unpaired) electrons. The van der Waals surface area contributed by atoms with E-state index in [2.05, 4.69) is 59.8 Å². The van der Waals surface area contributed by atoms with Gasteiger partial charge in [-0.2, -0.15) is 4.98 Å². The molecule has 3 aliphatic rings. The second kappa shape index (κ2) is 25.8. The molecule has 6 amide bonds. The number of aryl methyl sites for hydroxylation is 1. The minimum absolute atomic E-state index is 0.00171. The number of hydrogen-bond donors (Lipinski definition) is 6. The Morgan fingerprint density at radius 3 is 2.29 bits per heavy atom. The number of halogens is 1. The summed E-state index contributed by atoms with van der Waals surface area (Å²) in [5.74, 6) is -1.62.